The molecule has 0 aliphatic carbocycles. The molecule has 15 nitrogen and oxygen atoms in total. The Hall–Kier alpha value is -4.31. The van der Waals surface area contributed by atoms with Crippen LogP contribution in [0.15, 0.2) is 12.1 Å². The summed E-state index contributed by atoms with van der Waals surface area (Å²) in [7, 11) is 0. The van der Waals surface area contributed by atoms with Crippen LogP contribution in [0.25, 0.3) is 11.1 Å². The number of hydrogen-bond acceptors (Lipinski definition) is 14. The van der Waals surface area contributed by atoms with Crippen LogP contribution in [0.5, 0.6) is 34.5 Å². The molecule has 2 aromatic carbocycles. The van der Waals surface area contributed by atoms with Crippen molar-refractivity contribution in [3.63, 3.8) is 0 Å². The Kier molecular flexibility index (Phi) is 6.37. The molecule has 5 unspecified atom stereocenters. The zero-order valence-corrected chi connectivity index (χ0v) is 17.1. The number of cyclic esters (lactones) is 1. The fraction of sp³-hybridized carbons (Fsp3) is 0.250. The van der Waals surface area contributed by atoms with Crippen molar-refractivity contribution in [2.75, 3.05) is 0 Å². The van der Waals surface area contributed by atoms with Gasteiger partial charge in [0, 0.05) is 16.7 Å². The van der Waals surface area contributed by atoms with Crippen LogP contribution in [0, 0.1) is 0 Å². The van der Waals surface area contributed by atoms with Gasteiger partial charge in [0.25, 0.3) is 0 Å². The summed E-state index contributed by atoms with van der Waals surface area (Å²) in [5.74, 6) is -12.9. The van der Waals surface area contributed by atoms with Crippen LogP contribution in [0.3, 0.4) is 0 Å². The first kappa shape index (κ1) is 25.3. The zero-order valence-electron chi connectivity index (χ0n) is 17.1. The van der Waals surface area contributed by atoms with E-state index in [-0.39, 0.29) is 0 Å². The summed E-state index contributed by atoms with van der Waals surface area (Å²) in [6.45, 7) is 0. The average molecular weight is 498 g/mol. The van der Waals surface area contributed by atoms with Crippen molar-refractivity contribution in [2.45, 2.75) is 30.5 Å². The van der Waals surface area contributed by atoms with E-state index in [2.05, 4.69) is 0 Å². The molecule has 0 radical (unpaired) electrons. The minimum Gasteiger partial charge on any atom is -0.504 e. The summed E-state index contributed by atoms with van der Waals surface area (Å²) in [4.78, 5) is 37.0. The maximum atomic E-state index is 13.0. The lowest BCUT2D eigenvalue weighted by atomic mass is 9.86. The van der Waals surface area contributed by atoms with E-state index in [1.165, 1.54) is 0 Å². The molecule has 1 heterocycles. The monoisotopic (exact) mass is 498 g/mol. The Bertz CT molecular complexity index is 1240. The number of hydrogen-bond donors (Lipinski definition) is 11. The average Bonchev–Trinajstić information content (AvgIpc) is 2.81. The van der Waals surface area contributed by atoms with E-state index in [4.69, 9.17) is 9.84 Å². The lowest BCUT2D eigenvalue weighted by molar-refractivity contribution is -0.167. The van der Waals surface area contributed by atoms with Gasteiger partial charge in [0.05, 0.1) is 5.56 Å². The highest BCUT2D eigenvalue weighted by molar-refractivity contribution is 6.12. The van der Waals surface area contributed by atoms with Gasteiger partial charge in [0.1, 0.15) is 18.3 Å². The third-order valence-electron chi connectivity index (χ3n) is 5.33. The first-order valence-electron chi connectivity index (χ1n) is 9.47. The molecule has 0 spiro atoms. The molecule has 0 aromatic heterocycles. The highest BCUT2D eigenvalue weighted by Gasteiger charge is 2.46. The minimum atomic E-state index is -2.70. The van der Waals surface area contributed by atoms with Crippen molar-refractivity contribution in [1.82, 2.24) is 0 Å². The van der Waals surface area contributed by atoms with E-state index >= 15 is 0 Å². The lowest BCUT2D eigenvalue weighted by Crippen LogP contribution is -2.55. The highest BCUT2D eigenvalue weighted by atomic mass is 16.6. The number of aliphatic hydroxyl groups is 4. The number of aromatic hydroxyl groups is 6. The Labute approximate surface area is 193 Å². The number of ketones is 1. The number of Topliss-reactive ketones (excluding diaryl/α,β-unsaturated/α-hetero) is 1. The topological polar surface area (TPSA) is 283 Å². The number of aliphatic hydroxyl groups excluding tert-OH is 4. The Morgan fingerprint density at radius 3 is 1.74 bits per heavy atom. The molecular weight excluding hydrogens is 480 g/mol. The molecule has 35 heavy (non-hydrogen) atoms. The molecule has 1 aliphatic rings. The fourth-order valence-electron chi connectivity index (χ4n) is 3.50. The number of carboxylic acids is 1. The third-order valence-corrected chi connectivity index (χ3v) is 5.33. The van der Waals surface area contributed by atoms with E-state index < -0.39 is 105 Å². The maximum absolute atomic E-state index is 13.0. The summed E-state index contributed by atoms with van der Waals surface area (Å²) < 4.78 is 4.80. The number of rotatable bonds is 3. The van der Waals surface area contributed by atoms with Gasteiger partial charge in [-0.05, 0) is 12.1 Å². The van der Waals surface area contributed by atoms with Crippen LogP contribution in [0.4, 0.5) is 0 Å². The van der Waals surface area contributed by atoms with Crippen molar-refractivity contribution in [1.29, 1.82) is 0 Å². The largest absolute Gasteiger partial charge is 0.504 e. The predicted molar refractivity (Wildman–Crippen MR) is 107 cm³/mol. The number of ether oxygens (including phenoxy) is 1. The molecule has 0 saturated carbocycles. The number of carboxylic acid groups (broad SMARTS) is 1. The van der Waals surface area contributed by atoms with Gasteiger partial charge in [-0.15, -0.1) is 0 Å². The summed E-state index contributed by atoms with van der Waals surface area (Å²) in [6, 6.07) is 0.909. The maximum Gasteiger partial charge on any atom is 0.339 e. The number of carbonyl (C=O) groups excluding carboxylic acids is 2. The van der Waals surface area contributed by atoms with Crippen molar-refractivity contribution in [3.05, 3.63) is 23.3 Å². The van der Waals surface area contributed by atoms with Gasteiger partial charge in [0.15, 0.2) is 41.0 Å². The second-order valence-corrected chi connectivity index (χ2v) is 7.47. The van der Waals surface area contributed by atoms with Crippen molar-refractivity contribution in [2.24, 2.45) is 0 Å². The first-order valence-corrected chi connectivity index (χ1v) is 9.47. The number of benzene rings is 2. The smallest absolute Gasteiger partial charge is 0.339 e. The van der Waals surface area contributed by atoms with Gasteiger partial charge in [-0.1, -0.05) is 0 Å². The number of aliphatic carboxylic acids is 1. The van der Waals surface area contributed by atoms with Crippen molar-refractivity contribution < 1.29 is 75.3 Å². The number of phenols is 6. The Morgan fingerprint density at radius 1 is 0.800 bits per heavy atom. The van der Waals surface area contributed by atoms with Crippen LogP contribution in [0.1, 0.15) is 20.7 Å². The summed E-state index contributed by atoms with van der Waals surface area (Å²) in [6.07, 6.45) is -13.2. The Morgan fingerprint density at radius 2 is 1.26 bits per heavy atom. The van der Waals surface area contributed by atoms with E-state index in [0.717, 1.165) is 0 Å². The number of fused-ring (bicyclic) bond motifs is 3. The molecule has 0 bridgehead atoms. The predicted octanol–water partition coefficient (Wildman–Crippen LogP) is -2.16. The molecular formula is C20H18O15. The van der Waals surface area contributed by atoms with E-state index in [1.54, 1.807) is 0 Å². The standard InChI is InChI=1S/C20H18O15/c21-5-1-3-7(12(26)10(5)24)8-4(2-6(22)11(25)13(8)27)20(34)35-18(15(29)14(28)9(3)23)16(30)17(31)19(32)33/h1-2,14-18,21-22,24-31H,(H,32,33). The molecule has 11 N–H and O–H groups in total. The van der Waals surface area contributed by atoms with E-state index in [9.17, 15) is 65.4 Å². The second kappa shape index (κ2) is 8.80. The molecule has 5 atom stereocenters. The van der Waals surface area contributed by atoms with Gasteiger partial charge in [-0.25, -0.2) is 9.59 Å². The second-order valence-electron chi connectivity index (χ2n) is 7.47. The van der Waals surface area contributed by atoms with Crippen LogP contribution in [-0.2, 0) is 9.53 Å². The van der Waals surface area contributed by atoms with Crippen molar-refractivity contribution >= 4 is 17.7 Å². The summed E-state index contributed by atoms with van der Waals surface area (Å²) in [5, 5.41) is 110. The van der Waals surface area contributed by atoms with Crippen LogP contribution in [0.2, 0.25) is 0 Å². The lowest BCUT2D eigenvalue weighted by Gasteiger charge is -2.32. The molecule has 1 aliphatic heterocycles. The Balaban J connectivity index is 2.42. The molecule has 0 fully saturated rings. The highest BCUT2D eigenvalue weighted by Crippen LogP contribution is 2.53. The van der Waals surface area contributed by atoms with E-state index in [1.807, 2.05) is 0 Å². The van der Waals surface area contributed by atoms with Crippen LogP contribution >= 0.6 is 0 Å². The molecule has 2 aromatic rings. The molecule has 188 valence electrons. The number of phenolic OH excluding ortho intramolecular Hbond substituents is 6. The van der Waals surface area contributed by atoms with Gasteiger partial charge < -0.3 is 60.9 Å². The minimum absolute atomic E-state index is 0.450. The molecule has 15 heteroatoms. The van der Waals surface area contributed by atoms with Gasteiger partial charge in [0.2, 0.25) is 11.5 Å². The molecule has 0 saturated heterocycles. The normalized spacial score (nSPS) is 21.9. The molecule has 0 amide bonds. The number of esters is 1. The van der Waals surface area contributed by atoms with Gasteiger partial charge in [-0.3, -0.25) is 4.79 Å². The quantitative estimate of drug-likeness (QED) is 0.159. The summed E-state index contributed by atoms with van der Waals surface area (Å²) >= 11 is 0. The fourth-order valence-corrected chi connectivity index (χ4v) is 3.50. The SMILES string of the molecule is O=C1OC(C(O)C(O)C(=O)O)C(O)C(O)C(=O)c2cc(O)c(O)c(O)c2-c2c1cc(O)c(O)c2O. The van der Waals surface area contributed by atoms with Crippen LogP contribution < -0.4 is 0 Å². The van der Waals surface area contributed by atoms with Crippen molar-refractivity contribution in [3.8, 4) is 45.6 Å². The van der Waals surface area contributed by atoms with Gasteiger partial charge in [-0.2, -0.15) is 0 Å². The number of carbonyl (C=O) groups is 3. The van der Waals surface area contributed by atoms with Gasteiger partial charge >= 0.3 is 11.9 Å². The zero-order chi connectivity index (χ0) is 26.5. The van der Waals surface area contributed by atoms with Crippen LogP contribution in [-0.4, -0.2) is 104 Å². The van der Waals surface area contributed by atoms with E-state index in [0.29, 0.717) is 12.1 Å². The third kappa shape index (κ3) is 3.97. The molecule has 3 rings (SSSR count). The first-order chi connectivity index (χ1) is 16.2. The summed E-state index contributed by atoms with van der Waals surface area (Å²) in [5.41, 5.74) is -3.86.